The van der Waals surface area contributed by atoms with E-state index in [0.29, 0.717) is 24.5 Å². The fourth-order valence-electron chi connectivity index (χ4n) is 4.19. The van der Waals surface area contributed by atoms with E-state index in [2.05, 4.69) is 51.3 Å². The summed E-state index contributed by atoms with van der Waals surface area (Å²) in [7, 11) is 0. The number of fused-ring (bicyclic) bond motifs is 2. The van der Waals surface area contributed by atoms with Crippen LogP contribution < -0.4 is 4.74 Å². The van der Waals surface area contributed by atoms with E-state index in [-0.39, 0.29) is 12.0 Å². The van der Waals surface area contributed by atoms with Crippen molar-refractivity contribution in [2.24, 2.45) is 4.99 Å². The van der Waals surface area contributed by atoms with Crippen molar-refractivity contribution < 1.29 is 14.3 Å². The van der Waals surface area contributed by atoms with Crippen LogP contribution in [0.25, 0.3) is 10.8 Å². The molecule has 0 saturated heterocycles. The monoisotopic (exact) mass is 534 g/mol. The summed E-state index contributed by atoms with van der Waals surface area (Å²) in [5.41, 5.74) is 3.28. The Bertz CT molecular complexity index is 1360. The quantitative estimate of drug-likeness (QED) is 0.320. The molecule has 7 heteroatoms. The normalized spacial score (nSPS) is 17.1. The minimum Gasteiger partial charge on any atom is -0.488 e. The Morgan fingerprint density at radius 3 is 2.74 bits per heavy atom. The zero-order valence-corrected chi connectivity index (χ0v) is 21.2. The van der Waals surface area contributed by atoms with Gasteiger partial charge in [-0.15, -0.1) is 0 Å². The van der Waals surface area contributed by atoms with Gasteiger partial charge in [0, 0.05) is 6.20 Å². The number of allylic oxidation sites excluding steroid dienone is 1. The smallest absolute Gasteiger partial charge is 0.338 e. The summed E-state index contributed by atoms with van der Waals surface area (Å²) >= 11 is 5.22. The van der Waals surface area contributed by atoms with Crippen LogP contribution in [0.5, 0.6) is 5.75 Å². The highest BCUT2D eigenvalue weighted by molar-refractivity contribution is 9.10. The van der Waals surface area contributed by atoms with Crippen LogP contribution >= 0.6 is 27.7 Å². The van der Waals surface area contributed by atoms with Gasteiger partial charge >= 0.3 is 5.97 Å². The number of nitrogens with zero attached hydrogens (tertiary/aromatic N) is 2. The molecule has 0 aliphatic carbocycles. The molecular formula is C27H23BrN2O3S. The first-order chi connectivity index (χ1) is 16.5. The van der Waals surface area contributed by atoms with Crippen LogP contribution in [0.15, 0.2) is 93.0 Å². The van der Waals surface area contributed by atoms with Gasteiger partial charge in [0.1, 0.15) is 12.4 Å². The number of thioether (sulfide) groups is 1. The van der Waals surface area contributed by atoms with E-state index in [9.17, 15) is 4.79 Å². The van der Waals surface area contributed by atoms with Gasteiger partial charge in [-0.3, -0.25) is 0 Å². The second-order valence-electron chi connectivity index (χ2n) is 7.99. The fraction of sp³-hybridized carbons (Fsp3) is 0.185. The Kier molecular flexibility index (Phi) is 6.48. The van der Waals surface area contributed by atoms with Crippen LogP contribution in [-0.4, -0.2) is 22.6 Å². The van der Waals surface area contributed by atoms with Crippen LogP contribution in [0.2, 0.25) is 0 Å². The zero-order chi connectivity index (χ0) is 23.7. The minimum absolute atomic E-state index is 0.314. The van der Waals surface area contributed by atoms with Gasteiger partial charge in [0.15, 0.2) is 5.17 Å². The Morgan fingerprint density at radius 2 is 1.94 bits per heavy atom. The van der Waals surface area contributed by atoms with Gasteiger partial charge < -0.3 is 14.4 Å². The van der Waals surface area contributed by atoms with E-state index < -0.39 is 0 Å². The molecule has 0 aromatic heterocycles. The van der Waals surface area contributed by atoms with Crippen molar-refractivity contribution in [2.75, 3.05) is 6.61 Å². The molecule has 3 aromatic rings. The Balaban J connectivity index is 1.41. The maximum absolute atomic E-state index is 12.8. The molecule has 2 heterocycles. The van der Waals surface area contributed by atoms with Crippen LogP contribution in [0, 0.1) is 0 Å². The van der Waals surface area contributed by atoms with Crippen molar-refractivity contribution in [3.63, 3.8) is 0 Å². The lowest BCUT2D eigenvalue weighted by Crippen LogP contribution is -2.34. The highest BCUT2D eigenvalue weighted by Crippen LogP contribution is 2.42. The number of benzene rings is 3. The lowest BCUT2D eigenvalue weighted by molar-refractivity contribution is -0.139. The third kappa shape index (κ3) is 4.38. The average Bonchev–Trinajstić information content (AvgIpc) is 3.30. The predicted octanol–water partition coefficient (Wildman–Crippen LogP) is 6.95. The molecule has 0 fully saturated rings. The number of aliphatic imine (C=N–C) groups is 1. The molecule has 5 nitrogen and oxygen atoms in total. The molecule has 2 aliphatic rings. The summed E-state index contributed by atoms with van der Waals surface area (Å²) in [6.45, 7) is 4.44. The molecule has 0 spiro atoms. The molecule has 2 aliphatic heterocycles. The molecule has 1 atom stereocenters. The van der Waals surface area contributed by atoms with Crippen molar-refractivity contribution in [3.8, 4) is 5.75 Å². The maximum atomic E-state index is 12.8. The lowest BCUT2D eigenvalue weighted by atomic mass is 9.95. The van der Waals surface area contributed by atoms with Gasteiger partial charge in [-0.25, -0.2) is 9.79 Å². The van der Waals surface area contributed by atoms with Gasteiger partial charge in [-0.2, -0.15) is 0 Å². The van der Waals surface area contributed by atoms with Gasteiger partial charge in [0.2, 0.25) is 0 Å². The highest BCUT2D eigenvalue weighted by atomic mass is 79.9. The van der Waals surface area contributed by atoms with E-state index in [1.165, 1.54) is 10.8 Å². The Labute approximate surface area is 211 Å². The first kappa shape index (κ1) is 22.7. The third-order valence-electron chi connectivity index (χ3n) is 5.80. The summed E-state index contributed by atoms with van der Waals surface area (Å²) in [5, 5.41) is 5.23. The molecule has 5 rings (SSSR count). The van der Waals surface area contributed by atoms with Gasteiger partial charge in [-0.05, 0) is 75.3 Å². The van der Waals surface area contributed by atoms with Crippen LogP contribution in [0.3, 0.4) is 0 Å². The molecule has 0 bridgehead atoms. The topological polar surface area (TPSA) is 51.1 Å². The van der Waals surface area contributed by atoms with Crippen LogP contribution in [-0.2, 0) is 16.1 Å². The van der Waals surface area contributed by atoms with Crippen LogP contribution in [0.1, 0.15) is 31.0 Å². The van der Waals surface area contributed by atoms with E-state index in [1.54, 1.807) is 11.8 Å². The third-order valence-corrected chi connectivity index (χ3v) is 7.19. The van der Waals surface area contributed by atoms with E-state index in [4.69, 9.17) is 9.47 Å². The molecule has 3 aromatic carbocycles. The van der Waals surface area contributed by atoms with Gasteiger partial charge in [0.05, 0.1) is 28.4 Å². The highest BCUT2D eigenvalue weighted by Gasteiger charge is 2.37. The number of carbonyl (C=O) groups excluding carboxylic acids is 1. The zero-order valence-electron chi connectivity index (χ0n) is 18.8. The average molecular weight is 535 g/mol. The Morgan fingerprint density at radius 1 is 1.12 bits per heavy atom. The number of rotatable bonds is 6. The minimum atomic E-state index is -0.342. The largest absolute Gasteiger partial charge is 0.488 e. The van der Waals surface area contributed by atoms with Crippen molar-refractivity contribution in [1.82, 2.24) is 4.90 Å². The summed E-state index contributed by atoms with van der Waals surface area (Å²) in [4.78, 5) is 19.5. The van der Waals surface area contributed by atoms with Crippen LogP contribution in [0.4, 0.5) is 0 Å². The lowest BCUT2D eigenvalue weighted by Gasteiger charge is -2.33. The number of amidine groups is 1. The number of halogens is 1. The molecule has 0 amide bonds. The van der Waals surface area contributed by atoms with E-state index in [0.717, 1.165) is 26.5 Å². The number of esters is 1. The number of hydrogen-bond donors (Lipinski definition) is 0. The second-order valence-corrected chi connectivity index (χ2v) is 9.71. The van der Waals surface area contributed by atoms with Crippen molar-refractivity contribution >= 4 is 49.6 Å². The molecule has 0 unspecified atom stereocenters. The van der Waals surface area contributed by atoms with Crippen molar-refractivity contribution in [3.05, 3.63) is 99.1 Å². The number of ether oxygens (including phenoxy) is 2. The molecule has 0 N–H and O–H groups in total. The summed E-state index contributed by atoms with van der Waals surface area (Å²) < 4.78 is 12.3. The fourth-order valence-corrected chi connectivity index (χ4v) is 5.49. The molecule has 172 valence electrons. The summed E-state index contributed by atoms with van der Waals surface area (Å²) in [5.74, 6) is 0.400. The van der Waals surface area contributed by atoms with Crippen molar-refractivity contribution in [2.45, 2.75) is 26.5 Å². The first-order valence-electron chi connectivity index (χ1n) is 11.0. The predicted molar refractivity (Wildman–Crippen MR) is 141 cm³/mol. The standard InChI is InChI=1S/C27H23BrN2O3S/c1-3-32-26(31)24-17(2)29-27-30(12-13-34-27)25(24)21-10-11-23(22(28)15-21)33-16-18-8-9-19-6-4-5-7-20(19)14-18/h4-15,25H,3,16H2,1-2H3/t25-/m0/s1. The molecule has 0 saturated carbocycles. The first-order valence-corrected chi connectivity index (χ1v) is 12.7. The van der Waals surface area contributed by atoms with E-state index >= 15 is 0 Å². The van der Waals surface area contributed by atoms with Crippen molar-refractivity contribution in [1.29, 1.82) is 0 Å². The number of hydrogen-bond acceptors (Lipinski definition) is 6. The molecular weight excluding hydrogens is 512 g/mol. The Hall–Kier alpha value is -3.03. The van der Waals surface area contributed by atoms with Gasteiger partial charge in [-0.1, -0.05) is 54.2 Å². The number of carbonyl (C=O) groups is 1. The van der Waals surface area contributed by atoms with Gasteiger partial charge in [0.25, 0.3) is 0 Å². The van der Waals surface area contributed by atoms with E-state index in [1.807, 2.05) is 60.7 Å². The molecule has 0 radical (unpaired) electrons. The molecule has 34 heavy (non-hydrogen) atoms. The SMILES string of the molecule is CCOC(=O)C1=C(C)N=C2SC=CN2[C@H]1c1ccc(OCc2ccc3ccccc3c2)c(Br)c1. The summed E-state index contributed by atoms with van der Waals surface area (Å²) in [6.07, 6.45) is 1.96. The summed E-state index contributed by atoms with van der Waals surface area (Å²) in [6, 6.07) is 20.3. The maximum Gasteiger partial charge on any atom is 0.338 e. The second kappa shape index (κ2) is 9.68.